The van der Waals surface area contributed by atoms with Crippen LogP contribution in [0.1, 0.15) is 81.9 Å². The molecule has 7 rings (SSSR count). The molecule has 4 amide bonds. The Morgan fingerprint density at radius 1 is 0.578 bits per heavy atom. The van der Waals surface area contributed by atoms with E-state index < -0.39 is 47.1 Å². The molecule has 2 aromatic heterocycles. The average molecular weight is 905 g/mol. The standard InChI is InChI=1S/C24H20N4O5S.C20H20N4O5S/c29-17-14-18(34-13-7-12-25-24(32)33-16-10-5-2-6-11-16)22(30)19-20(17)27-28-21(19)23(31)26-15-8-3-1-4-9-15;1-21-19(27)17-15-16(23-24-17)13(25)11-14(18(15)26)30-10-6-5-9-22-20(28)29-12-7-3-2-4-8-12/h1-6,8-11,14H,7,12-13H2,(H,25,32)(H,26,31)(H,27,28);2-4,7-8,11H,5-6,9-10H2,1H3,(H,21,27)(H,22,28)(H,23,24). The van der Waals surface area contributed by atoms with E-state index in [2.05, 4.69) is 41.7 Å². The van der Waals surface area contributed by atoms with Gasteiger partial charge in [-0.05, 0) is 67.2 Å². The fourth-order valence-corrected chi connectivity index (χ4v) is 7.85. The van der Waals surface area contributed by atoms with Crippen molar-refractivity contribution in [2.45, 2.75) is 19.3 Å². The summed E-state index contributed by atoms with van der Waals surface area (Å²) in [5.74, 6) is -0.826. The van der Waals surface area contributed by atoms with Crippen LogP contribution in [0.4, 0.5) is 15.3 Å². The van der Waals surface area contributed by atoms with Crippen LogP contribution in [0, 0.1) is 0 Å². The van der Waals surface area contributed by atoms with Crippen LogP contribution >= 0.6 is 23.5 Å². The highest BCUT2D eigenvalue weighted by atomic mass is 32.2. The topological polar surface area (TPSA) is 260 Å². The Balaban J connectivity index is 0.000000214. The van der Waals surface area contributed by atoms with Gasteiger partial charge in [0.15, 0.2) is 0 Å². The summed E-state index contributed by atoms with van der Waals surface area (Å²) in [6, 6.07) is 26.2. The number of nitrogens with one attached hydrogen (secondary N) is 6. The maximum atomic E-state index is 13.0. The minimum atomic E-state index is -0.573. The number of unbranched alkanes of at least 4 members (excludes halogenated alkanes) is 1. The number of thioether (sulfide) groups is 2. The van der Waals surface area contributed by atoms with Gasteiger partial charge in [-0.25, -0.2) is 9.59 Å². The third-order valence-corrected chi connectivity index (χ3v) is 11.2. The molecule has 0 bridgehead atoms. The summed E-state index contributed by atoms with van der Waals surface area (Å²) < 4.78 is 10.3. The number of ether oxygens (including phenoxy) is 2. The zero-order valence-corrected chi connectivity index (χ0v) is 35.7. The van der Waals surface area contributed by atoms with Gasteiger partial charge in [-0.1, -0.05) is 54.6 Å². The highest BCUT2D eigenvalue weighted by Crippen LogP contribution is 2.31. The van der Waals surface area contributed by atoms with Crippen LogP contribution in [0.3, 0.4) is 0 Å². The van der Waals surface area contributed by atoms with Gasteiger partial charge in [0.25, 0.3) is 11.8 Å². The summed E-state index contributed by atoms with van der Waals surface area (Å²) in [7, 11) is 1.43. The van der Waals surface area contributed by atoms with Crippen LogP contribution in [0.25, 0.3) is 0 Å². The zero-order chi connectivity index (χ0) is 45.4. The molecule has 6 N–H and O–H groups in total. The molecule has 0 spiro atoms. The number of carbonyl (C=O) groups is 8. The van der Waals surface area contributed by atoms with Crippen molar-refractivity contribution in [1.29, 1.82) is 0 Å². The second-order valence-corrected chi connectivity index (χ2v) is 15.7. The summed E-state index contributed by atoms with van der Waals surface area (Å²) in [6.45, 7) is 0.751. The van der Waals surface area contributed by atoms with Crippen molar-refractivity contribution >= 4 is 76.3 Å². The first-order valence-electron chi connectivity index (χ1n) is 19.7. The number of aromatic nitrogens is 4. The van der Waals surface area contributed by atoms with E-state index in [1.165, 1.54) is 42.7 Å². The van der Waals surface area contributed by atoms with E-state index in [1.807, 2.05) is 18.2 Å². The van der Waals surface area contributed by atoms with Gasteiger partial charge >= 0.3 is 12.2 Å². The van der Waals surface area contributed by atoms with Crippen molar-refractivity contribution in [2.24, 2.45) is 0 Å². The first-order chi connectivity index (χ1) is 31.0. The highest BCUT2D eigenvalue weighted by molar-refractivity contribution is 8.04. The second-order valence-electron chi connectivity index (χ2n) is 13.5. The Labute approximate surface area is 373 Å². The summed E-state index contributed by atoms with van der Waals surface area (Å²) in [6.07, 6.45) is 3.29. The van der Waals surface area contributed by atoms with Crippen LogP contribution in [-0.4, -0.2) is 99.2 Å². The number of carbonyl (C=O) groups excluding carboxylic acids is 8. The van der Waals surface area contributed by atoms with Crippen molar-refractivity contribution in [3.05, 3.63) is 147 Å². The minimum Gasteiger partial charge on any atom is -0.410 e. The van der Waals surface area contributed by atoms with Crippen molar-refractivity contribution in [3.8, 4) is 11.5 Å². The van der Waals surface area contributed by atoms with Gasteiger partial charge in [0, 0.05) is 38.0 Å². The predicted molar refractivity (Wildman–Crippen MR) is 238 cm³/mol. The molecule has 3 aromatic carbocycles. The molecule has 64 heavy (non-hydrogen) atoms. The summed E-state index contributed by atoms with van der Waals surface area (Å²) >= 11 is 2.42. The van der Waals surface area contributed by atoms with Gasteiger partial charge < -0.3 is 30.7 Å². The van der Waals surface area contributed by atoms with Crippen molar-refractivity contribution in [2.75, 3.05) is 37.0 Å². The van der Waals surface area contributed by atoms with E-state index >= 15 is 0 Å². The molecule has 20 heteroatoms. The summed E-state index contributed by atoms with van der Waals surface area (Å²) in [5.41, 5.74) is 0.338. The third-order valence-electron chi connectivity index (χ3n) is 8.99. The number of anilines is 1. The Hall–Kier alpha value is -7.58. The largest absolute Gasteiger partial charge is 0.412 e. The second kappa shape index (κ2) is 22.5. The van der Waals surface area contributed by atoms with Crippen LogP contribution < -0.4 is 30.7 Å². The SMILES string of the molecule is CNC(=O)c1[nH]nc2c1C(=O)C(SCCCCNC(=O)Oc1ccccc1)=CC2=O.O=C(NCCCSC1=CC(=O)c2n[nH]c(C(=O)Nc3ccccc3)c2C1=O)Oc1ccccc1. The Kier molecular flexibility index (Phi) is 16.1. The molecule has 0 saturated heterocycles. The monoisotopic (exact) mass is 904 g/mol. The lowest BCUT2D eigenvalue weighted by molar-refractivity contribution is 0.0944. The molecular weight excluding hydrogens is 865 g/mol. The number of aromatic amines is 2. The highest BCUT2D eigenvalue weighted by Gasteiger charge is 2.35. The number of Topliss-reactive ketones (excluding diaryl/α,β-unsaturated/α-hetero) is 2. The molecule has 0 fully saturated rings. The van der Waals surface area contributed by atoms with E-state index in [0.29, 0.717) is 61.0 Å². The summed E-state index contributed by atoms with van der Waals surface area (Å²) in [5, 5.41) is 23.0. The Bertz CT molecular complexity index is 2610. The molecule has 5 aromatic rings. The number of benzene rings is 3. The predicted octanol–water partition coefficient (Wildman–Crippen LogP) is 6.17. The lowest BCUT2D eigenvalue weighted by Gasteiger charge is -2.12. The van der Waals surface area contributed by atoms with Gasteiger partial charge in [0.05, 0.1) is 20.9 Å². The van der Waals surface area contributed by atoms with Crippen LogP contribution in [0.2, 0.25) is 0 Å². The van der Waals surface area contributed by atoms with Gasteiger partial charge in [-0.2, -0.15) is 10.2 Å². The quantitative estimate of drug-likeness (QED) is 0.0606. The number of rotatable bonds is 16. The third kappa shape index (κ3) is 12.1. The number of allylic oxidation sites excluding steroid dienone is 4. The number of ketones is 4. The smallest absolute Gasteiger partial charge is 0.410 e. The zero-order valence-electron chi connectivity index (χ0n) is 34.1. The lowest BCUT2D eigenvalue weighted by atomic mass is 9.99. The first kappa shape index (κ1) is 45.9. The van der Waals surface area contributed by atoms with Crippen molar-refractivity contribution < 1.29 is 47.8 Å². The van der Waals surface area contributed by atoms with Gasteiger partial charge in [-0.3, -0.25) is 39.0 Å². The number of H-pyrrole nitrogens is 2. The number of hydrogen-bond donors (Lipinski definition) is 6. The molecular formula is C44H40N8O10S2. The van der Waals surface area contributed by atoms with Gasteiger partial charge in [0.1, 0.15) is 34.3 Å². The molecule has 2 aliphatic rings. The van der Waals surface area contributed by atoms with E-state index in [1.54, 1.807) is 72.8 Å². The number of amides is 4. The van der Waals surface area contributed by atoms with Gasteiger partial charge in [0.2, 0.25) is 23.1 Å². The average Bonchev–Trinajstić information content (AvgIpc) is 3.96. The fraction of sp³-hybridized carbons (Fsp3) is 0.182. The van der Waals surface area contributed by atoms with Crippen LogP contribution in [0.15, 0.2) is 113 Å². The van der Waals surface area contributed by atoms with Crippen molar-refractivity contribution in [3.63, 3.8) is 0 Å². The minimum absolute atomic E-state index is 0.00896. The number of para-hydroxylation sites is 3. The molecule has 0 aliphatic heterocycles. The first-order valence-corrected chi connectivity index (χ1v) is 21.6. The molecule has 2 aliphatic carbocycles. The number of fused-ring (bicyclic) bond motifs is 2. The van der Waals surface area contributed by atoms with Crippen molar-refractivity contribution in [1.82, 2.24) is 36.3 Å². The molecule has 0 saturated carbocycles. The van der Waals surface area contributed by atoms with Gasteiger partial charge in [-0.15, -0.1) is 23.5 Å². The van der Waals surface area contributed by atoms with E-state index in [4.69, 9.17) is 9.47 Å². The maximum Gasteiger partial charge on any atom is 0.412 e. The molecule has 328 valence electrons. The molecule has 18 nitrogen and oxygen atoms in total. The Morgan fingerprint density at radius 2 is 1.02 bits per heavy atom. The van der Waals surface area contributed by atoms with E-state index in [-0.39, 0.29) is 43.7 Å². The van der Waals surface area contributed by atoms with E-state index in [9.17, 15) is 38.4 Å². The molecule has 2 heterocycles. The normalized spacial score (nSPS) is 12.6. The number of hydrogen-bond acceptors (Lipinski definition) is 14. The van der Waals surface area contributed by atoms with Crippen LogP contribution in [-0.2, 0) is 0 Å². The number of nitrogens with zero attached hydrogens (tertiary/aromatic N) is 2. The van der Waals surface area contributed by atoms with Crippen LogP contribution in [0.5, 0.6) is 11.5 Å². The molecule has 0 radical (unpaired) electrons. The summed E-state index contributed by atoms with van der Waals surface area (Å²) in [4.78, 5) is 98.9. The maximum absolute atomic E-state index is 13.0. The fourth-order valence-electron chi connectivity index (χ4n) is 5.93. The van der Waals surface area contributed by atoms with E-state index in [0.717, 1.165) is 0 Å². The Morgan fingerprint density at radius 3 is 1.50 bits per heavy atom. The lowest BCUT2D eigenvalue weighted by Crippen LogP contribution is -2.28. The molecule has 0 atom stereocenters. The molecule has 0 unspecified atom stereocenters.